The van der Waals surface area contributed by atoms with E-state index in [9.17, 15) is 19.9 Å². The molecular formula is C36H40Cl2N4O7S. The number of hydrogen-bond acceptors (Lipinski definition) is 11. The number of esters is 1. The van der Waals surface area contributed by atoms with Crippen molar-refractivity contribution in [2.75, 3.05) is 54.6 Å². The zero-order chi connectivity index (χ0) is 35.9. The molecule has 4 aromatic rings. The lowest BCUT2D eigenvalue weighted by Gasteiger charge is -2.37. The quantitative estimate of drug-likeness (QED) is 0.111. The van der Waals surface area contributed by atoms with Gasteiger partial charge in [0, 0.05) is 47.3 Å². The van der Waals surface area contributed by atoms with Gasteiger partial charge < -0.3 is 29.0 Å². The smallest absolute Gasteiger partial charge is 0.327 e. The van der Waals surface area contributed by atoms with Gasteiger partial charge in [0.15, 0.2) is 11.5 Å². The van der Waals surface area contributed by atoms with Gasteiger partial charge in [0.25, 0.3) is 0 Å². The number of carbonyl (C=O) groups excluding carboxylic acids is 2. The van der Waals surface area contributed by atoms with Crippen molar-refractivity contribution in [3.63, 3.8) is 0 Å². The number of ether oxygens (including phenoxy) is 3. The van der Waals surface area contributed by atoms with Crippen molar-refractivity contribution in [1.29, 1.82) is 0 Å². The monoisotopic (exact) mass is 742 g/mol. The number of thiophene rings is 1. The highest BCUT2D eigenvalue weighted by Gasteiger charge is 2.29. The summed E-state index contributed by atoms with van der Waals surface area (Å²) in [4.78, 5) is 31.3. The molecule has 0 saturated carbocycles. The second-order valence-electron chi connectivity index (χ2n) is 12.2. The molecule has 0 radical (unpaired) electrons. The van der Waals surface area contributed by atoms with Crippen molar-refractivity contribution in [1.82, 2.24) is 15.1 Å². The number of benzene rings is 2. The average Bonchev–Trinajstić information content (AvgIpc) is 3.53. The molecule has 0 amide bonds. The Labute approximate surface area is 305 Å². The molecule has 3 heterocycles. The first-order chi connectivity index (χ1) is 24.0. The minimum Gasteiger partial charge on any atom is -0.544 e. The van der Waals surface area contributed by atoms with E-state index in [0.29, 0.717) is 33.1 Å². The number of nitrogens with zero attached hydrogens (tertiary/aromatic N) is 3. The van der Waals surface area contributed by atoms with Gasteiger partial charge in [-0.25, -0.2) is 4.79 Å². The third-order valence-electron chi connectivity index (χ3n) is 8.91. The van der Waals surface area contributed by atoms with E-state index < -0.39 is 23.9 Å². The fraction of sp³-hybridized carbons (Fsp3) is 0.361. The van der Waals surface area contributed by atoms with E-state index in [1.807, 2.05) is 43.4 Å². The van der Waals surface area contributed by atoms with Crippen LogP contribution in [0.5, 0.6) is 11.5 Å². The summed E-state index contributed by atoms with van der Waals surface area (Å²) in [5.74, 6) is -1.40. The molecule has 1 aliphatic rings. The van der Waals surface area contributed by atoms with Gasteiger partial charge in [0.2, 0.25) is 12.4 Å². The summed E-state index contributed by atoms with van der Waals surface area (Å²) in [7, 11) is 7.12. The van der Waals surface area contributed by atoms with E-state index in [1.54, 1.807) is 18.2 Å². The highest BCUT2D eigenvalue weighted by molar-refractivity contribution is 7.14. The number of carboxylic acids is 1. The van der Waals surface area contributed by atoms with Crippen molar-refractivity contribution in [2.24, 2.45) is 0 Å². The van der Waals surface area contributed by atoms with Gasteiger partial charge in [0.05, 0.1) is 31.1 Å². The van der Waals surface area contributed by atoms with Crippen LogP contribution < -0.4 is 24.6 Å². The Bertz CT molecular complexity index is 1790. The first-order valence-electron chi connectivity index (χ1n) is 16.0. The standard InChI is InChI=1S/C36H40Cl2N4O7S/c1-40-12-13-41(2)24(18-40)21-49-36(45)33(22-8-6-5-7-9-22)39-17-25-15-27(34(50-25)35(43)44)26(16-28-29(37)19-42(46)20-30(28)38)23-10-11-31(47-3)32(14-23)48-4/h5-11,14-15,19-20,24,26,33,39H,12-13,16-18,21H2,1-4H3,(H-,43,44,46)/t24-,26+,33?/m1/s1. The lowest BCUT2D eigenvalue weighted by atomic mass is 9.85. The highest BCUT2D eigenvalue weighted by atomic mass is 35.5. The number of aromatic carboxylic acids is 1. The van der Waals surface area contributed by atoms with Crippen LogP contribution >= 0.6 is 34.5 Å². The molecule has 2 N–H and O–H groups in total. The summed E-state index contributed by atoms with van der Waals surface area (Å²) in [6, 6.07) is 15.7. The highest BCUT2D eigenvalue weighted by Crippen LogP contribution is 2.41. The predicted molar refractivity (Wildman–Crippen MR) is 188 cm³/mol. The minimum absolute atomic E-state index is 0.0188. The molecule has 1 saturated heterocycles. The van der Waals surface area contributed by atoms with Gasteiger partial charge >= 0.3 is 5.97 Å². The van der Waals surface area contributed by atoms with Crippen LogP contribution in [0.2, 0.25) is 10.0 Å². The maximum absolute atomic E-state index is 13.6. The maximum atomic E-state index is 13.6. The van der Waals surface area contributed by atoms with E-state index in [2.05, 4.69) is 22.2 Å². The topological polar surface area (TPSA) is 128 Å². The van der Waals surface area contributed by atoms with Crippen molar-refractivity contribution in [3.05, 3.63) is 109 Å². The van der Waals surface area contributed by atoms with Gasteiger partial charge in [-0.05, 0) is 55.4 Å². The molecule has 11 nitrogen and oxygen atoms in total. The molecule has 1 unspecified atom stereocenters. The normalized spacial score (nSPS) is 16.5. The number of pyridine rings is 1. The summed E-state index contributed by atoms with van der Waals surface area (Å²) >= 11 is 14.1. The predicted octanol–water partition coefficient (Wildman–Crippen LogP) is 3.95. The van der Waals surface area contributed by atoms with Crippen LogP contribution in [-0.2, 0) is 22.5 Å². The lowest BCUT2D eigenvalue weighted by molar-refractivity contribution is -0.904. The second kappa shape index (κ2) is 16.9. The average molecular weight is 744 g/mol. The molecule has 5 rings (SSSR count). The molecule has 2 aromatic carbocycles. The van der Waals surface area contributed by atoms with Gasteiger partial charge in [-0.3, -0.25) is 15.4 Å². The van der Waals surface area contributed by atoms with E-state index >= 15 is 0 Å². The van der Waals surface area contributed by atoms with Crippen molar-refractivity contribution in [2.45, 2.75) is 31.0 Å². The summed E-state index contributed by atoms with van der Waals surface area (Å²) in [5, 5.41) is 26.3. The van der Waals surface area contributed by atoms with E-state index in [0.717, 1.165) is 41.3 Å². The van der Waals surface area contributed by atoms with E-state index in [1.165, 1.54) is 26.6 Å². The Balaban J connectivity index is 1.46. The number of methoxy groups -OCH3 is 2. The Morgan fingerprint density at radius 3 is 2.38 bits per heavy atom. The third kappa shape index (κ3) is 8.87. The van der Waals surface area contributed by atoms with Gasteiger partial charge in [-0.15, -0.1) is 11.3 Å². The molecule has 0 aliphatic carbocycles. The van der Waals surface area contributed by atoms with Crippen molar-refractivity contribution < 1.29 is 38.8 Å². The fourth-order valence-electron chi connectivity index (χ4n) is 6.11. The van der Waals surface area contributed by atoms with E-state index in [-0.39, 0.29) is 40.5 Å². The lowest BCUT2D eigenvalue weighted by Crippen LogP contribution is -2.52. The van der Waals surface area contributed by atoms with E-state index in [4.69, 9.17) is 37.4 Å². The Kier molecular flexibility index (Phi) is 12.6. The van der Waals surface area contributed by atoms with Crippen LogP contribution in [0.1, 0.15) is 48.8 Å². The zero-order valence-electron chi connectivity index (χ0n) is 28.2. The van der Waals surface area contributed by atoms with Gasteiger partial charge in [-0.2, -0.15) is 0 Å². The van der Waals surface area contributed by atoms with Gasteiger partial charge in [0.1, 0.15) is 22.7 Å². The largest absolute Gasteiger partial charge is 0.544 e. The first kappa shape index (κ1) is 37.3. The number of piperazine rings is 1. The Morgan fingerprint density at radius 2 is 1.72 bits per heavy atom. The number of halogens is 2. The van der Waals surface area contributed by atoms with Crippen LogP contribution in [0.15, 0.2) is 67.0 Å². The van der Waals surface area contributed by atoms with Crippen molar-refractivity contribution >= 4 is 46.5 Å². The molecule has 3 atom stereocenters. The molecule has 0 spiro atoms. The molecule has 2 aromatic heterocycles. The molecule has 0 bridgehead atoms. The number of nitrogens with one attached hydrogen (secondary N) is 1. The Hall–Kier alpha value is -3.91. The fourth-order valence-corrected chi connectivity index (χ4v) is 7.72. The zero-order valence-corrected chi connectivity index (χ0v) is 30.6. The van der Waals surface area contributed by atoms with Crippen LogP contribution in [0, 0.1) is 0 Å². The van der Waals surface area contributed by atoms with Crippen LogP contribution in [0.4, 0.5) is 0 Å². The Morgan fingerprint density at radius 1 is 1.02 bits per heavy atom. The number of aromatic nitrogens is 1. The molecule has 14 heteroatoms. The maximum Gasteiger partial charge on any atom is 0.327 e. The number of hydrogen-bond donors (Lipinski definition) is 2. The van der Waals surface area contributed by atoms with Gasteiger partial charge in [-0.1, -0.05) is 59.6 Å². The minimum atomic E-state index is -1.35. The summed E-state index contributed by atoms with van der Waals surface area (Å²) < 4.78 is 17.6. The summed E-state index contributed by atoms with van der Waals surface area (Å²) in [6.45, 7) is 3.04. The SMILES string of the molecule is COc1ccc([C@H](Cc2c(Cl)c[n+](O)cc2Cl)c2cc(CNC(C(=O)OC[C@H]3CN(C)CCN3C)c3ccccc3)sc2C(=O)[O-])cc1OC. The molecular weight excluding hydrogens is 703 g/mol. The summed E-state index contributed by atoms with van der Waals surface area (Å²) in [5.41, 5.74) is 2.41. The van der Waals surface area contributed by atoms with Crippen LogP contribution in [0.3, 0.4) is 0 Å². The first-order valence-corrected chi connectivity index (χ1v) is 17.5. The molecule has 50 heavy (non-hydrogen) atoms. The molecule has 266 valence electrons. The van der Waals surface area contributed by atoms with Crippen molar-refractivity contribution in [3.8, 4) is 11.5 Å². The molecule has 1 aliphatic heterocycles. The number of rotatable bonds is 14. The number of likely N-dealkylation sites (N-methyl/N-ethyl adjacent to an activating group) is 2. The second-order valence-corrected chi connectivity index (χ2v) is 14.2. The number of carboxylic acid groups (broad SMARTS) is 1. The summed E-state index contributed by atoms with van der Waals surface area (Å²) in [6.07, 6.45) is 2.80. The third-order valence-corrected chi connectivity index (χ3v) is 10.7. The number of carbonyl (C=O) groups is 2. The molecule has 1 fully saturated rings. The van der Waals surface area contributed by atoms with Crippen LogP contribution in [-0.4, -0.2) is 87.5 Å². The van der Waals surface area contributed by atoms with Crippen LogP contribution in [0.25, 0.3) is 0 Å².